The van der Waals surface area contributed by atoms with Crippen molar-refractivity contribution < 1.29 is 24.2 Å². The zero-order valence-corrected chi connectivity index (χ0v) is 13.2. The fraction of sp³-hybridized carbons (Fsp3) is 0.647. The van der Waals surface area contributed by atoms with Gasteiger partial charge in [0, 0.05) is 24.7 Å². The summed E-state index contributed by atoms with van der Waals surface area (Å²) in [6.07, 6.45) is 3.50. The van der Waals surface area contributed by atoms with Crippen LogP contribution < -0.4 is 0 Å². The predicted molar refractivity (Wildman–Crippen MR) is 81.9 cm³/mol. The molecule has 3 aliphatic carbocycles. The highest BCUT2D eigenvalue weighted by Gasteiger charge is 2.40. The first-order valence-corrected chi connectivity index (χ1v) is 8.26. The number of ketones is 1. The first-order chi connectivity index (χ1) is 11.0. The highest BCUT2D eigenvalue weighted by molar-refractivity contribution is 6.27. The van der Waals surface area contributed by atoms with Gasteiger partial charge in [-0.3, -0.25) is 14.4 Å². The Morgan fingerprint density at radius 2 is 1.78 bits per heavy atom. The summed E-state index contributed by atoms with van der Waals surface area (Å²) in [7, 11) is 0. The third-order valence-corrected chi connectivity index (χ3v) is 4.45. The predicted octanol–water partition coefficient (Wildman–Crippen LogP) is 2.13. The lowest BCUT2D eigenvalue weighted by molar-refractivity contribution is -0.149. The number of esters is 1. The molecule has 3 fully saturated rings. The molecule has 0 aromatic heterocycles. The van der Waals surface area contributed by atoms with Gasteiger partial charge in [-0.25, -0.2) is 4.99 Å². The number of nitrogens with zero attached hydrogens (tertiary/aromatic N) is 1. The molecular formula is C17H21NO5. The van der Waals surface area contributed by atoms with E-state index in [2.05, 4.69) is 4.99 Å². The van der Waals surface area contributed by atoms with Crippen LogP contribution in [-0.2, 0) is 19.1 Å². The summed E-state index contributed by atoms with van der Waals surface area (Å²) in [5.41, 5.74) is 0.433. The van der Waals surface area contributed by atoms with E-state index < -0.39 is 11.9 Å². The summed E-state index contributed by atoms with van der Waals surface area (Å²) >= 11 is 0. The molecule has 0 radical (unpaired) electrons. The van der Waals surface area contributed by atoms with Gasteiger partial charge in [0.15, 0.2) is 5.78 Å². The Kier molecular flexibility index (Phi) is 4.33. The third-order valence-electron chi connectivity index (χ3n) is 4.45. The van der Waals surface area contributed by atoms with Crippen molar-refractivity contribution in [2.24, 2.45) is 22.7 Å². The van der Waals surface area contributed by atoms with E-state index in [1.165, 1.54) is 0 Å². The fourth-order valence-corrected chi connectivity index (χ4v) is 2.83. The number of allylic oxidation sites excluding steroid dienone is 2. The molecule has 0 aliphatic heterocycles. The third kappa shape index (κ3) is 3.51. The molecular weight excluding hydrogens is 298 g/mol. The summed E-state index contributed by atoms with van der Waals surface area (Å²) in [5.74, 6) is -1.67. The Labute approximate surface area is 134 Å². The molecule has 0 spiro atoms. The maximum Gasteiger partial charge on any atom is 0.309 e. The van der Waals surface area contributed by atoms with Crippen LogP contribution in [0, 0.1) is 17.8 Å². The molecule has 124 valence electrons. The van der Waals surface area contributed by atoms with Gasteiger partial charge in [-0.15, -0.1) is 0 Å². The van der Waals surface area contributed by atoms with E-state index in [-0.39, 0.29) is 60.0 Å². The Balaban J connectivity index is 1.89. The molecule has 0 aromatic rings. The number of Topliss-reactive ketones (excluding diaryl/α,β-unsaturated/α-hetero) is 1. The summed E-state index contributed by atoms with van der Waals surface area (Å²) in [6, 6.07) is 0. The van der Waals surface area contributed by atoms with Gasteiger partial charge in [0.05, 0.1) is 23.8 Å². The molecule has 3 aliphatic rings. The van der Waals surface area contributed by atoms with Crippen molar-refractivity contribution in [2.45, 2.75) is 45.4 Å². The lowest BCUT2D eigenvalue weighted by Gasteiger charge is -2.24. The van der Waals surface area contributed by atoms with Crippen LogP contribution in [-0.4, -0.2) is 35.1 Å². The van der Waals surface area contributed by atoms with Crippen LogP contribution in [0.4, 0.5) is 0 Å². The lowest BCUT2D eigenvalue weighted by atomic mass is 9.82. The van der Waals surface area contributed by atoms with Crippen molar-refractivity contribution >= 4 is 23.4 Å². The average molecular weight is 319 g/mol. The van der Waals surface area contributed by atoms with Crippen LogP contribution in [0.1, 0.15) is 45.4 Å². The zero-order chi connectivity index (χ0) is 16.6. The number of carbonyl (C=O) groups is 3. The van der Waals surface area contributed by atoms with Gasteiger partial charge in [-0.1, -0.05) is 0 Å². The second-order valence-electron chi connectivity index (χ2n) is 6.49. The fourth-order valence-electron chi connectivity index (χ4n) is 2.83. The molecule has 1 amide bonds. The van der Waals surface area contributed by atoms with E-state index in [0.29, 0.717) is 0 Å². The minimum Gasteiger partial charge on any atom is -0.511 e. The van der Waals surface area contributed by atoms with E-state index in [9.17, 15) is 19.5 Å². The molecule has 1 atom stereocenters. The van der Waals surface area contributed by atoms with Crippen LogP contribution >= 0.6 is 0 Å². The first-order valence-electron chi connectivity index (χ1n) is 8.26. The van der Waals surface area contributed by atoms with Gasteiger partial charge >= 0.3 is 5.97 Å². The minimum atomic E-state index is -0.621. The molecule has 0 saturated heterocycles. The Morgan fingerprint density at radius 3 is 2.35 bits per heavy atom. The molecule has 1 unspecified atom stereocenters. The second-order valence-corrected chi connectivity index (χ2v) is 6.49. The summed E-state index contributed by atoms with van der Waals surface area (Å²) in [5, 5.41) is 10.3. The van der Waals surface area contributed by atoms with E-state index >= 15 is 0 Å². The topological polar surface area (TPSA) is 93.0 Å². The number of aliphatic hydroxyl groups excluding tert-OH is 1. The maximum absolute atomic E-state index is 12.4. The summed E-state index contributed by atoms with van der Waals surface area (Å²) in [6.45, 7) is 1.95. The number of ether oxygens (including phenoxy) is 1. The molecule has 6 nitrogen and oxygen atoms in total. The first kappa shape index (κ1) is 15.9. The number of carbonyl (C=O) groups excluding carboxylic acids is 3. The molecule has 6 heteroatoms. The normalized spacial score (nSPS) is 28.7. The molecule has 0 heterocycles. The van der Waals surface area contributed by atoms with Crippen LogP contribution in [0.5, 0.6) is 0 Å². The Morgan fingerprint density at radius 1 is 1.13 bits per heavy atom. The molecule has 3 saturated carbocycles. The SMILES string of the molecule is CCOC(=O)C1CC(=O)C(=C(O)C2CC2)C(=NC(=O)C2CC2)C1. The number of rotatable bonds is 4. The monoisotopic (exact) mass is 319 g/mol. The number of hydrogen-bond donors (Lipinski definition) is 1. The van der Waals surface area contributed by atoms with E-state index in [4.69, 9.17) is 4.74 Å². The number of amides is 1. The van der Waals surface area contributed by atoms with E-state index in [1.807, 2.05) is 0 Å². The number of aliphatic imine (C=N–C) groups is 1. The van der Waals surface area contributed by atoms with Gasteiger partial charge in [0.25, 0.3) is 0 Å². The van der Waals surface area contributed by atoms with Crippen LogP contribution in [0.2, 0.25) is 0 Å². The zero-order valence-electron chi connectivity index (χ0n) is 13.2. The summed E-state index contributed by atoms with van der Waals surface area (Å²) < 4.78 is 4.99. The van der Waals surface area contributed by atoms with E-state index in [1.54, 1.807) is 6.92 Å². The van der Waals surface area contributed by atoms with Crippen molar-refractivity contribution in [1.29, 1.82) is 0 Å². The number of aliphatic hydroxyl groups is 1. The Bertz CT molecular complexity index is 610. The smallest absolute Gasteiger partial charge is 0.309 e. The molecule has 3 rings (SSSR count). The van der Waals surface area contributed by atoms with Gasteiger partial charge in [-0.05, 0) is 32.6 Å². The lowest BCUT2D eigenvalue weighted by Crippen LogP contribution is -2.33. The van der Waals surface area contributed by atoms with E-state index in [0.717, 1.165) is 25.7 Å². The van der Waals surface area contributed by atoms with Crippen molar-refractivity contribution in [3.05, 3.63) is 11.3 Å². The minimum absolute atomic E-state index is 0.00157. The van der Waals surface area contributed by atoms with Gasteiger partial charge < -0.3 is 9.84 Å². The highest BCUT2D eigenvalue weighted by atomic mass is 16.5. The highest BCUT2D eigenvalue weighted by Crippen LogP contribution is 2.39. The number of hydrogen-bond acceptors (Lipinski definition) is 5. The van der Waals surface area contributed by atoms with Gasteiger partial charge in [0.2, 0.25) is 5.91 Å². The Hall–Kier alpha value is -1.98. The second kappa shape index (κ2) is 6.26. The standard InChI is InChI=1S/C17H21NO5/c1-2-23-17(22)11-7-12(18-16(21)10-5-6-10)14(13(19)8-11)15(20)9-3-4-9/h9-11,20H,2-8H2,1H3. The molecule has 1 N–H and O–H groups in total. The van der Waals surface area contributed by atoms with Crippen molar-refractivity contribution in [2.75, 3.05) is 6.61 Å². The van der Waals surface area contributed by atoms with Crippen LogP contribution in [0.25, 0.3) is 0 Å². The van der Waals surface area contributed by atoms with Crippen molar-refractivity contribution in [3.63, 3.8) is 0 Å². The van der Waals surface area contributed by atoms with Crippen molar-refractivity contribution in [3.8, 4) is 0 Å². The maximum atomic E-state index is 12.4. The average Bonchev–Trinajstić information content (AvgIpc) is 3.40. The molecule has 23 heavy (non-hydrogen) atoms. The summed E-state index contributed by atoms with van der Waals surface area (Å²) in [4.78, 5) is 40.5. The quantitative estimate of drug-likeness (QED) is 0.487. The van der Waals surface area contributed by atoms with Crippen LogP contribution in [0.3, 0.4) is 0 Å². The largest absolute Gasteiger partial charge is 0.511 e. The van der Waals surface area contributed by atoms with Crippen LogP contribution in [0.15, 0.2) is 16.3 Å². The van der Waals surface area contributed by atoms with Crippen molar-refractivity contribution in [1.82, 2.24) is 0 Å². The van der Waals surface area contributed by atoms with Gasteiger partial charge in [-0.2, -0.15) is 0 Å². The molecule has 0 bridgehead atoms. The van der Waals surface area contributed by atoms with Gasteiger partial charge in [0.1, 0.15) is 5.76 Å². The molecule has 0 aromatic carbocycles.